The van der Waals surface area contributed by atoms with Crippen molar-refractivity contribution in [3.05, 3.63) is 70.8 Å². The number of pyridine rings is 1. The largest absolute Gasteiger partial charge is 0.329 e. The van der Waals surface area contributed by atoms with E-state index in [1.807, 2.05) is 54.4 Å². The smallest absolute Gasteiger partial charge is 0.270 e. The SMILES string of the molecule is CN(c1ccccc1)c1ccc2cc([N+](=O)[O-])ccc2n1. The van der Waals surface area contributed by atoms with E-state index in [9.17, 15) is 10.1 Å². The van der Waals surface area contributed by atoms with Crippen LogP contribution in [0.3, 0.4) is 0 Å². The summed E-state index contributed by atoms with van der Waals surface area (Å²) < 4.78 is 0. The molecule has 5 heteroatoms. The molecule has 0 spiro atoms. The molecular formula is C16H13N3O2. The molecular weight excluding hydrogens is 266 g/mol. The number of para-hydroxylation sites is 1. The van der Waals surface area contributed by atoms with E-state index in [1.165, 1.54) is 12.1 Å². The van der Waals surface area contributed by atoms with Gasteiger partial charge in [-0.05, 0) is 30.3 Å². The Balaban J connectivity index is 2.02. The van der Waals surface area contributed by atoms with Crippen LogP contribution in [-0.2, 0) is 0 Å². The van der Waals surface area contributed by atoms with Crippen molar-refractivity contribution < 1.29 is 4.92 Å². The van der Waals surface area contributed by atoms with Gasteiger partial charge in [-0.1, -0.05) is 18.2 Å². The van der Waals surface area contributed by atoms with Gasteiger partial charge in [-0.2, -0.15) is 0 Å². The molecule has 1 aromatic heterocycles. The van der Waals surface area contributed by atoms with Crippen LogP contribution >= 0.6 is 0 Å². The molecule has 0 fully saturated rings. The van der Waals surface area contributed by atoms with Crippen LogP contribution in [0.1, 0.15) is 0 Å². The third-order valence-electron chi connectivity index (χ3n) is 3.36. The summed E-state index contributed by atoms with van der Waals surface area (Å²) in [6.07, 6.45) is 0. The summed E-state index contributed by atoms with van der Waals surface area (Å²) in [5, 5.41) is 11.5. The van der Waals surface area contributed by atoms with Crippen molar-refractivity contribution in [1.82, 2.24) is 4.98 Å². The van der Waals surface area contributed by atoms with Crippen LogP contribution in [0.15, 0.2) is 60.7 Å². The number of rotatable bonds is 3. The molecule has 104 valence electrons. The van der Waals surface area contributed by atoms with Crippen LogP contribution < -0.4 is 4.90 Å². The van der Waals surface area contributed by atoms with Gasteiger partial charge in [0.1, 0.15) is 5.82 Å². The Morgan fingerprint density at radius 2 is 1.81 bits per heavy atom. The minimum Gasteiger partial charge on any atom is -0.329 e. The number of fused-ring (bicyclic) bond motifs is 1. The van der Waals surface area contributed by atoms with Gasteiger partial charge in [-0.3, -0.25) is 10.1 Å². The number of benzene rings is 2. The quantitative estimate of drug-likeness (QED) is 0.538. The molecule has 0 bridgehead atoms. The maximum atomic E-state index is 10.8. The lowest BCUT2D eigenvalue weighted by molar-refractivity contribution is -0.384. The van der Waals surface area contributed by atoms with E-state index in [4.69, 9.17) is 0 Å². The highest BCUT2D eigenvalue weighted by Gasteiger charge is 2.09. The molecule has 0 aliphatic heterocycles. The van der Waals surface area contributed by atoms with Gasteiger partial charge in [0.05, 0.1) is 10.4 Å². The Bertz CT molecular complexity index is 803. The van der Waals surface area contributed by atoms with E-state index in [0.717, 1.165) is 22.4 Å². The first-order valence-electron chi connectivity index (χ1n) is 6.49. The van der Waals surface area contributed by atoms with E-state index in [0.29, 0.717) is 0 Å². The van der Waals surface area contributed by atoms with Gasteiger partial charge in [0.15, 0.2) is 0 Å². The van der Waals surface area contributed by atoms with Gasteiger partial charge < -0.3 is 4.90 Å². The fraction of sp³-hybridized carbons (Fsp3) is 0.0625. The van der Waals surface area contributed by atoms with Crippen LogP contribution in [0.2, 0.25) is 0 Å². The summed E-state index contributed by atoms with van der Waals surface area (Å²) in [7, 11) is 1.94. The maximum Gasteiger partial charge on any atom is 0.270 e. The number of anilines is 2. The number of nitrogens with zero attached hydrogens (tertiary/aromatic N) is 3. The molecule has 0 radical (unpaired) electrons. The minimum atomic E-state index is -0.399. The third-order valence-corrected chi connectivity index (χ3v) is 3.36. The minimum absolute atomic E-state index is 0.0773. The van der Waals surface area contributed by atoms with E-state index in [2.05, 4.69) is 4.98 Å². The zero-order chi connectivity index (χ0) is 14.8. The van der Waals surface area contributed by atoms with E-state index in [-0.39, 0.29) is 5.69 Å². The highest BCUT2D eigenvalue weighted by atomic mass is 16.6. The number of non-ortho nitro benzene ring substituents is 1. The molecule has 21 heavy (non-hydrogen) atoms. The van der Waals surface area contributed by atoms with Crippen molar-refractivity contribution in [2.75, 3.05) is 11.9 Å². The summed E-state index contributed by atoms with van der Waals surface area (Å²) in [4.78, 5) is 16.9. The van der Waals surface area contributed by atoms with Gasteiger partial charge in [-0.15, -0.1) is 0 Å². The van der Waals surface area contributed by atoms with Gasteiger partial charge in [0.25, 0.3) is 5.69 Å². The lowest BCUT2D eigenvalue weighted by atomic mass is 10.2. The molecule has 1 heterocycles. The fourth-order valence-electron chi connectivity index (χ4n) is 2.19. The predicted octanol–water partition coefficient (Wildman–Crippen LogP) is 3.91. The van der Waals surface area contributed by atoms with E-state index >= 15 is 0 Å². The number of hydrogen-bond donors (Lipinski definition) is 0. The second kappa shape index (κ2) is 5.20. The van der Waals surface area contributed by atoms with Crippen molar-refractivity contribution in [3.63, 3.8) is 0 Å². The zero-order valence-electron chi connectivity index (χ0n) is 11.4. The van der Waals surface area contributed by atoms with Crippen molar-refractivity contribution in [2.45, 2.75) is 0 Å². The van der Waals surface area contributed by atoms with Crippen molar-refractivity contribution in [2.24, 2.45) is 0 Å². The van der Waals surface area contributed by atoms with Gasteiger partial charge in [-0.25, -0.2) is 4.98 Å². The molecule has 0 unspecified atom stereocenters. The highest BCUT2D eigenvalue weighted by molar-refractivity contribution is 5.83. The van der Waals surface area contributed by atoms with Crippen molar-refractivity contribution >= 4 is 28.1 Å². The first-order chi connectivity index (χ1) is 10.1. The van der Waals surface area contributed by atoms with E-state index in [1.54, 1.807) is 6.07 Å². The fourth-order valence-corrected chi connectivity index (χ4v) is 2.19. The third kappa shape index (κ3) is 2.53. The molecule has 0 amide bonds. The normalized spacial score (nSPS) is 10.5. The molecule has 0 N–H and O–H groups in total. The molecule has 0 saturated carbocycles. The monoisotopic (exact) mass is 279 g/mol. The summed E-state index contributed by atoms with van der Waals surface area (Å²) in [5.74, 6) is 0.794. The number of nitro groups is 1. The Morgan fingerprint density at radius 1 is 1.05 bits per heavy atom. The summed E-state index contributed by atoms with van der Waals surface area (Å²) in [6.45, 7) is 0. The molecule has 3 rings (SSSR count). The Kier molecular flexibility index (Phi) is 3.23. The predicted molar refractivity (Wildman–Crippen MR) is 82.9 cm³/mol. The van der Waals surface area contributed by atoms with Crippen molar-refractivity contribution in [1.29, 1.82) is 0 Å². The van der Waals surface area contributed by atoms with E-state index < -0.39 is 4.92 Å². The highest BCUT2D eigenvalue weighted by Crippen LogP contribution is 2.25. The molecule has 3 aromatic rings. The topological polar surface area (TPSA) is 59.3 Å². The molecule has 2 aromatic carbocycles. The van der Waals surface area contributed by atoms with Crippen LogP contribution in [0.25, 0.3) is 10.9 Å². The van der Waals surface area contributed by atoms with Crippen molar-refractivity contribution in [3.8, 4) is 0 Å². The van der Waals surface area contributed by atoms with Gasteiger partial charge in [0, 0.05) is 30.3 Å². The molecule has 5 nitrogen and oxygen atoms in total. The number of hydrogen-bond acceptors (Lipinski definition) is 4. The molecule has 0 aliphatic rings. The van der Waals surface area contributed by atoms with Gasteiger partial charge in [0.2, 0.25) is 0 Å². The number of nitro benzene ring substituents is 1. The van der Waals surface area contributed by atoms with Crippen LogP contribution in [0.4, 0.5) is 17.2 Å². The molecule has 0 aliphatic carbocycles. The maximum absolute atomic E-state index is 10.8. The second-order valence-electron chi connectivity index (χ2n) is 4.70. The summed E-state index contributed by atoms with van der Waals surface area (Å²) in [5.41, 5.74) is 1.85. The Morgan fingerprint density at radius 3 is 2.52 bits per heavy atom. The summed E-state index contributed by atoms with van der Waals surface area (Å²) in [6, 6.07) is 18.3. The molecule has 0 atom stereocenters. The lowest BCUT2D eigenvalue weighted by Crippen LogP contribution is -2.10. The number of aromatic nitrogens is 1. The second-order valence-corrected chi connectivity index (χ2v) is 4.70. The standard InChI is InChI=1S/C16H13N3O2/c1-18(13-5-3-2-4-6-13)16-10-7-12-11-14(19(20)21)8-9-15(12)17-16/h2-11H,1H3. The first kappa shape index (κ1) is 13.1. The summed E-state index contributed by atoms with van der Waals surface area (Å²) >= 11 is 0. The van der Waals surface area contributed by atoms with Crippen LogP contribution in [0.5, 0.6) is 0 Å². The average Bonchev–Trinajstić information content (AvgIpc) is 2.54. The lowest BCUT2D eigenvalue weighted by Gasteiger charge is -2.18. The van der Waals surface area contributed by atoms with Crippen LogP contribution in [0, 0.1) is 10.1 Å². The Labute approximate surface area is 121 Å². The Hall–Kier alpha value is -2.95. The van der Waals surface area contributed by atoms with Crippen LogP contribution in [-0.4, -0.2) is 17.0 Å². The zero-order valence-corrected chi connectivity index (χ0v) is 11.4. The van der Waals surface area contributed by atoms with Gasteiger partial charge >= 0.3 is 0 Å². The average molecular weight is 279 g/mol. The first-order valence-corrected chi connectivity index (χ1v) is 6.49. The molecule has 0 saturated heterocycles.